The molecule has 0 fully saturated rings. The number of rotatable bonds is 6. The molecule has 0 atom stereocenters. The average Bonchev–Trinajstić information content (AvgIpc) is 2.86. The minimum atomic E-state index is -0.0865. The topological polar surface area (TPSA) is 38.3 Å². The minimum Gasteiger partial charge on any atom is -0.494 e. The van der Waals surface area contributed by atoms with E-state index < -0.39 is 0 Å². The normalized spacial score (nSPS) is 10.2. The maximum atomic E-state index is 11.7. The Morgan fingerprint density at radius 2 is 2.00 bits per heavy atom. The van der Waals surface area contributed by atoms with Gasteiger partial charge in [-0.25, -0.2) is 0 Å². The number of halogens is 1. The molecule has 0 aliphatic heterocycles. The fourth-order valence-corrected chi connectivity index (χ4v) is 2.46. The van der Waals surface area contributed by atoms with Crippen molar-refractivity contribution in [1.82, 2.24) is 5.32 Å². The van der Waals surface area contributed by atoms with E-state index in [1.165, 1.54) is 11.3 Å². The van der Waals surface area contributed by atoms with Gasteiger partial charge in [0.05, 0.1) is 15.8 Å². The van der Waals surface area contributed by atoms with E-state index in [1.54, 1.807) is 12.1 Å². The van der Waals surface area contributed by atoms with Crippen LogP contribution in [0.3, 0.4) is 0 Å². The van der Waals surface area contributed by atoms with Crippen molar-refractivity contribution in [3.8, 4) is 5.75 Å². The zero-order chi connectivity index (χ0) is 13.5. The summed E-state index contributed by atoms with van der Waals surface area (Å²) in [5.41, 5.74) is 0. The van der Waals surface area contributed by atoms with Crippen LogP contribution in [-0.2, 0) is 0 Å². The van der Waals surface area contributed by atoms with Crippen LogP contribution in [0.1, 0.15) is 16.1 Å². The van der Waals surface area contributed by atoms with Crippen LogP contribution in [0.15, 0.2) is 42.5 Å². The highest BCUT2D eigenvalue weighted by Gasteiger charge is 2.07. The lowest BCUT2D eigenvalue weighted by Gasteiger charge is -2.06. The number of amides is 1. The quantitative estimate of drug-likeness (QED) is 0.827. The van der Waals surface area contributed by atoms with Crippen LogP contribution in [0.4, 0.5) is 0 Å². The Kier molecular flexibility index (Phi) is 5.24. The van der Waals surface area contributed by atoms with E-state index in [9.17, 15) is 4.79 Å². The molecule has 1 aromatic carbocycles. The van der Waals surface area contributed by atoms with Gasteiger partial charge in [0.25, 0.3) is 5.91 Å². The second kappa shape index (κ2) is 7.16. The molecule has 0 bridgehead atoms. The smallest absolute Gasteiger partial charge is 0.261 e. The van der Waals surface area contributed by atoms with Crippen LogP contribution in [0.5, 0.6) is 5.75 Å². The van der Waals surface area contributed by atoms with Crippen molar-refractivity contribution in [3.05, 3.63) is 51.7 Å². The molecule has 0 saturated carbocycles. The summed E-state index contributed by atoms with van der Waals surface area (Å²) in [6.07, 6.45) is 0.764. The summed E-state index contributed by atoms with van der Waals surface area (Å²) < 4.78 is 6.15. The Labute approximate surface area is 121 Å². The molecule has 0 aliphatic carbocycles. The first-order valence-electron chi connectivity index (χ1n) is 5.97. The van der Waals surface area contributed by atoms with Gasteiger partial charge >= 0.3 is 0 Å². The molecule has 0 unspecified atom stereocenters. The van der Waals surface area contributed by atoms with Gasteiger partial charge in [-0.1, -0.05) is 29.8 Å². The van der Waals surface area contributed by atoms with Crippen molar-refractivity contribution in [1.29, 1.82) is 0 Å². The van der Waals surface area contributed by atoms with Gasteiger partial charge in [0.1, 0.15) is 5.75 Å². The van der Waals surface area contributed by atoms with E-state index in [2.05, 4.69) is 5.32 Å². The highest BCUT2D eigenvalue weighted by molar-refractivity contribution is 7.17. The van der Waals surface area contributed by atoms with Gasteiger partial charge in [-0.2, -0.15) is 0 Å². The van der Waals surface area contributed by atoms with Crippen molar-refractivity contribution in [3.63, 3.8) is 0 Å². The zero-order valence-electron chi connectivity index (χ0n) is 10.3. The Morgan fingerprint density at radius 1 is 1.21 bits per heavy atom. The summed E-state index contributed by atoms with van der Waals surface area (Å²) in [7, 11) is 0. The molecule has 0 saturated heterocycles. The molecule has 3 nitrogen and oxygen atoms in total. The third kappa shape index (κ3) is 4.58. The van der Waals surface area contributed by atoms with Crippen molar-refractivity contribution in [2.75, 3.05) is 13.2 Å². The summed E-state index contributed by atoms with van der Waals surface area (Å²) in [6.45, 7) is 1.16. The first-order valence-corrected chi connectivity index (χ1v) is 7.16. The van der Waals surface area contributed by atoms with Crippen LogP contribution in [0.25, 0.3) is 0 Å². The maximum absolute atomic E-state index is 11.7. The molecule has 1 heterocycles. The highest BCUT2D eigenvalue weighted by Crippen LogP contribution is 2.20. The third-order valence-electron chi connectivity index (χ3n) is 2.42. The highest BCUT2D eigenvalue weighted by atomic mass is 35.5. The number of ether oxygens (including phenoxy) is 1. The first kappa shape index (κ1) is 13.9. The fraction of sp³-hybridized carbons (Fsp3) is 0.214. The van der Waals surface area contributed by atoms with Crippen LogP contribution in [0.2, 0.25) is 4.34 Å². The van der Waals surface area contributed by atoms with Gasteiger partial charge in [-0.15, -0.1) is 11.3 Å². The average molecular weight is 296 g/mol. The van der Waals surface area contributed by atoms with E-state index >= 15 is 0 Å². The molecule has 5 heteroatoms. The van der Waals surface area contributed by atoms with Crippen LogP contribution in [0, 0.1) is 0 Å². The number of hydrogen-bond donors (Lipinski definition) is 1. The summed E-state index contributed by atoms with van der Waals surface area (Å²) in [6, 6.07) is 13.1. The molecule has 1 aromatic heterocycles. The van der Waals surface area contributed by atoms with Gasteiger partial charge < -0.3 is 10.1 Å². The summed E-state index contributed by atoms with van der Waals surface area (Å²) in [5, 5.41) is 2.83. The van der Waals surface area contributed by atoms with Crippen molar-refractivity contribution < 1.29 is 9.53 Å². The van der Waals surface area contributed by atoms with E-state index in [4.69, 9.17) is 16.3 Å². The van der Waals surface area contributed by atoms with Crippen molar-refractivity contribution >= 4 is 28.8 Å². The Morgan fingerprint density at radius 3 is 2.68 bits per heavy atom. The molecule has 2 rings (SSSR count). The SMILES string of the molecule is O=C(NCCCOc1ccccc1)c1ccc(Cl)s1. The molecular weight excluding hydrogens is 282 g/mol. The van der Waals surface area contributed by atoms with Gasteiger partial charge in [0.2, 0.25) is 0 Å². The fourth-order valence-electron chi connectivity index (χ4n) is 1.50. The predicted molar refractivity (Wildman–Crippen MR) is 78.2 cm³/mol. The van der Waals surface area contributed by atoms with E-state index in [1.807, 2.05) is 30.3 Å². The summed E-state index contributed by atoms with van der Waals surface area (Å²) in [4.78, 5) is 12.3. The number of benzene rings is 1. The van der Waals surface area contributed by atoms with Crippen LogP contribution < -0.4 is 10.1 Å². The Balaban J connectivity index is 1.63. The van der Waals surface area contributed by atoms with Crippen LogP contribution >= 0.6 is 22.9 Å². The van der Waals surface area contributed by atoms with Crippen molar-refractivity contribution in [2.24, 2.45) is 0 Å². The predicted octanol–water partition coefficient (Wildman–Crippen LogP) is 3.60. The Bertz CT molecular complexity index is 527. The van der Waals surface area contributed by atoms with Gasteiger partial charge in [-0.3, -0.25) is 4.79 Å². The van der Waals surface area contributed by atoms with E-state index in [0.29, 0.717) is 22.4 Å². The largest absolute Gasteiger partial charge is 0.494 e. The number of hydrogen-bond acceptors (Lipinski definition) is 3. The summed E-state index contributed by atoms with van der Waals surface area (Å²) >= 11 is 7.05. The lowest BCUT2D eigenvalue weighted by atomic mass is 10.3. The number of thiophene rings is 1. The molecular formula is C14H14ClNO2S. The minimum absolute atomic E-state index is 0.0865. The van der Waals surface area contributed by atoms with Crippen molar-refractivity contribution in [2.45, 2.75) is 6.42 Å². The molecule has 0 spiro atoms. The zero-order valence-corrected chi connectivity index (χ0v) is 11.8. The van der Waals surface area contributed by atoms with Gasteiger partial charge in [-0.05, 0) is 30.7 Å². The second-order valence-electron chi connectivity index (χ2n) is 3.87. The molecule has 1 amide bonds. The molecule has 0 radical (unpaired) electrons. The molecule has 19 heavy (non-hydrogen) atoms. The summed E-state index contributed by atoms with van der Waals surface area (Å²) in [5.74, 6) is 0.760. The van der Waals surface area contributed by atoms with Crippen LogP contribution in [-0.4, -0.2) is 19.1 Å². The lowest BCUT2D eigenvalue weighted by molar-refractivity contribution is 0.0955. The first-order chi connectivity index (χ1) is 9.25. The monoisotopic (exact) mass is 295 g/mol. The Hall–Kier alpha value is -1.52. The standard InChI is InChI=1S/C14H14ClNO2S/c15-13-8-7-12(19-13)14(17)16-9-4-10-18-11-5-2-1-3-6-11/h1-3,5-8H,4,9-10H2,(H,16,17). The molecule has 1 N–H and O–H groups in total. The number of carbonyl (C=O) groups is 1. The number of para-hydroxylation sites is 1. The molecule has 0 aliphatic rings. The molecule has 100 valence electrons. The van der Waals surface area contributed by atoms with E-state index in [-0.39, 0.29) is 5.91 Å². The maximum Gasteiger partial charge on any atom is 0.261 e. The van der Waals surface area contributed by atoms with E-state index in [0.717, 1.165) is 12.2 Å². The third-order valence-corrected chi connectivity index (χ3v) is 3.65. The second-order valence-corrected chi connectivity index (χ2v) is 5.59. The number of nitrogens with one attached hydrogen (secondary N) is 1. The lowest BCUT2D eigenvalue weighted by Crippen LogP contribution is -2.24. The molecule has 2 aromatic rings. The van der Waals surface area contributed by atoms with Gasteiger partial charge in [0, 0.05) is 6.54 Å². The van der Waals surface area contributed by atoms with Gasteiger partial charge in [0.15, 0.2) is 0 Å². The number of carbonyl (C=O) groups excluding carboxylic acids is 1.